The monoisotopic (exact) mass is 215 g/mol. The number of hydrogen-bond acceptors (Lipinski definition) is 1. The largest absolute Gasteiger partial charge is 0.370 e. The van der Waals surface area contributed by atoms with Crippen LogP contribution >= 0.6 is 0 Å². The molecule has 0 heterocycles. The van der Waals surface area contributed by atoms with Gasteiger partial charge in [0.1, 0.15) is 0 Å². The van der Waals surface area contributed by atoms with Crippen molar-refractivity contribution in [3.8, 4) is 12.3 Å². The van der Waals surface area contributed by atoms with Gasteiger partial charge in [-0.15, -0.1) is 6.42 Å². The van der Waals surface area contributed by atoms with Crippen molar-refractivity contribution in [3.63, 3.8) is 0 Å². The van der Waals surface area contributed by atoms with E-state index in [0.717, 1.165) is 5.56 Å². The van der Waals surface area contributed by atoms with Crippen molar-refractivity contribution < 1.29 is 0 Å². The summed E-state index contributed by atoms with van der Waals surface area (Å²) in [6.07, 6.45) is 5.34. The van der Waals surface area contributed by atoms with Gasteiger partial charge in [0, 0.05) is 0 Å². The molecule has 0 atom stereocenters. The standard InChI is InChI=1S/C13H17N3/c1-4-13(2,3)16-12(14)15-10-11-8-6-5-7-9-11/h1,5-9H,10H2,2-3H3,(H3,14,15,16). The fourth-order valence-electron chi connectivity index (χ4n) is 1.16. The molecule has 1 rings (SSSR count). The quantitative estimate of drug-likeness (QED) is 0.456. The first-order chi connectivity index (χ1) is 7.53. The van der Waals surface area contributed by atoms with Gasteiger partial charge in [-0.2, -0.15) is 0 Å². The minimum absolute atomic E-state index is 0.367. The molecule has 0 aliphatic carbocycles. The van der Waals surface area contributed by atoms with Gasteiger partial charge in [-0.1, -0.05) is 36.3 Å². The molecule has 3 nitrogen and oxygen atoms in total. The fourth-order valence-corrected chi connectivity index (χ4v) is 1.16. The molecule has 0 amide bonds. The van der Waals surface area contributed by atoms with Crippen LogP contribution in [0.25, 0.3) is 0 Å². The van der Waals surface area contributed by atoms with Crippen LogP contribution in [-0.2, 0) is 6.54 Å². The van der Waals surface area contributed by atoms with Crippen molar-refractivity contribution in [2.75, 3.05) is 0 Å². The van der Waals surface area contributed by atoms with E-state index >= 15 is 0 Å². The van der Waals surface area contributed by atoms with Crippen LogP contribution in [0.15, 0.2) is 35.3 Å². The topological polar surface area (TPSA) is 50.4 Å². The average Bonchev–Trinajstić information content (AvgIpc) is 2.27. The van der Waals surface area contributed by atoms with E-state index in [1.807, 2.05) is 44.2 Å². The second kappa shape index (κ2) is 5.22. The van der Waals surface area contributed by atoms with Crippen molar-refractivity contribution in [1.29, 1.82) is 0 Å². The van der Waals surface area contributed by atoms with Gasteiger partial charge < -0.3 is 11.1 Å². The van der Waals surface area contributed by atoms with E-state index in [2.05, 4.69) is 16.2 Å². The summed E-state index contributed by atoms with van der Waals surface area (Å²) in [6, 6.07) is 9.92. The van der Waals surface area contributed by atoms with Crippen molar-refractivity contribution in [2.45, 2.75) is 25.9 Å². The second-order valence-corrected chi connectivity index (χ2v) is 4.08. The maximum atomic E-state index is 5.73. The molecule has 3 heteroatoms. The Kier molecular flexibility index (Phi) is 3.96. The molecule has 0 bridgehead atoms. The Hall–Kier alpha value is -1.95. The van der Waals surface area contributed by atoms with Crippen molar-refractivity contribution in [1.82, 2.24) is 5.32 Å². The molecule has 84 valence electrons. The van der Waals surface area contributed by atoms with Gasteiger partial charge in [0.2, 0.25) is 0 Å². The van der Waals surface area contributed by atoms with E-state index in [9.17, 15) is 0 Å². The Labute approximate surface area is 96.8 Å². The minimum Gasteiger partial charge on any atom is -0.370 e. The molecular formula is C13H17N3. The third-order valence-electron chi connectivity index (χ3n) is 2.08. The molecule has 0 aromatic heterocycles. The number of nitrogens with two attached hydrogens (primary N) is 1. The van der Waals surface area contributed by atoms with Crippen LogP contribution in [0.4, 0.5) is 0 Å². The van der Waals surface area contributed by atoms with Gasteiger partial charge in [0.05, 0.1) is 12.1 Å². The Bertz CT molecular complexity index is 399. The summed E-state index contributed by atoms with van der Waals surface area (Å²) in [5.74, 6) is 2.97. The number of guanidine groups is 1. The van der Waals surface area contributed by atoms with Gasteiger partial charge in [-0.3, -0.25) is 0 Å². The normalized spacial score (nSPS) is 11.9. The number of aliphatic imine (C=N–C) groups is 1. The SMILES string of the molecule is C#CC(C)(C)NC(N)=NCc1ccccc1. The van der Waals surface area contributed by atoms with Crippen molar-refractivity contribution >= 4 is 5.96 Å². The van der Waals surface area contributed by atoms with Crippen LogP contribution in [0.2, 0.25) is 0 Å². The first-order valence-electron chi connectivity index (χ1n) is 5.13. The maximum absolute atomic E-state index is 5.73. The minimum atomic E-state index is -0.468. The lowest BCUT2D eigenvalue weighted by Crippen LogP contribution is -2.46. The highest BCUT2D eigenvalue weighted by molar-refractivity contribution is 5.79. The first-order valence-corrected chi connectivity index (χ1v) is 5.13. The highest BCUT2D eigenvalue weighted by Gasteiger charge is 2.13. The average molecular weight is 215 g/mol. The molecule has 0 saturated heterocycles. The molecule has 0 spiro atoms. The summed E-state index contributed by atoms with van der Waals surface area (Å²) in [7, 11) is 0. The van der Waals surface area contributed by atoms with Crippen LogP contribution in [-0.4, -0.2) is 11.5 Å². The molecule has 0 aliphatic rings. The summed E-state index contributed by atoms with van der Waals surface area (Å²) in [5, 5.41) is 2.97. The zero-order chi connectivity index (χ0) is 12.0. The molecule has 0 radical (unpaired) electrons. The van der Waals surface area contributed by atoms with Crippen molar-refractivity contribution in [3.05, 3.63) is 35.9 Å². The summed E-state index contributed by atoms with van der Waals surface area (Å²) >= 11 is 0. The fraction of sp³-hybridized carbons (Fsp3) is 0.308. The van der Waals surface area contributed by atoms with Gasteiger partial charge >= 0.3 is 0 Å². The maximum Gasteiger partial charge on any atom is 0.190 e. The predicted octanol–water partition coefficient (Wildman–Crippen LogP) is 1.50. The number of nitrogens with zero attached hydrogens (tertiary/aromatic N) is 1. The Balaban J connectivity index is 2.56. The molecule has 0 unspecified atom stereocenters. The molecule has 1 aromatic rings. The summed E-state index contributed by atoms with van der Waals surface area (Å²) < 4.78 is 0. The van der Waals surface area contributed by atoms with E-state index in [0.29, 0.717) is 12.5 Å². The third kappa shape index (κ3) is 4.05. The van der Waals surface area contributed by atoms with E-state index in [1.54, 1.807) is 0 Å². The van der Waals surface area contributed by atoms with Crippen LogP contribution < -0.4 is 11.1 Å². The molecule has 0 aliphatic heterocycles. The van der Waals surface area contributed by atoms with Crippen LogP contribution in [0.3, 0.4) is 0 Å². The number of terminal acetylenes is 1. The van der Waals surface area contributed by atoms with Gasteiger partial charge in [0.25, 0.3) is 0 Å². The molecule has 0 saturated carbocycles. The lowest BCUT2D eigenvalue weighted by Gasteiger charge is -2.19. The molecule has 1 aromatic carbocycles. The Morgan fingerprint density at radius 1 is 1.44 bits per heavy atom. The van der Waals surface area contributed by atoms with E-state index in [4.69, 9.17) is 12.2 Å². The Morgan fingerprint density at radius 3 is 2.62 bits per heavy atom. The second-order valence-electron chi connectivity index (χ2n) is 4.08. The predicted molar refractivity (Wildman–Crippen MR) is 67.8 cm³/mol. The molecular weight excluding hydrogens is 198 g/mol. The smallest absolute Gasteiger partial charge is 0.190 e. The lowest BCUT2D eigenvalue weighted by atomic mass is 10.1. The van der Waals surface area contributed by atoms with Gasteiger partial charge in [-0.05, 0) is 19.4 Å². The Morgan fingerprint density at radius 2 is 2.06 bits per heavy atom. The molecule has 16 heavy (non-hydrogen) atoms. The van der Waals surface area contributed by atoms with Crippen LogP contribution in [0.5, 0.6) is 0 Å². The van der Waals surface area contributed by atoms with E-state index in [1.165, 1.54) is 0 Å². The summed E-state index contributed by atoms with van der Waals surface area (Å²) in [4.78, 5) is 4.22. The number of nitrogens with one attached hydrogen (secondary N) is 1. The van der Waals surface area contributed by atoms with E-state index in [-0.39, 0.29) is 0 Å². The van der Waals surface area contributed by atoms with E-state index < -0.39 is 5.54 Å². The zero-order valence-corrected chi connectivity index (χ0v) is 9.70. The number of benzene rings is 1. The summed E-state index contributed by atoms with van der Waals surface area (Å²) in [6.45, 7) is 4.30. The third-order valence-corrected chi connectivity index (χ3v) is 2.08. The van der Waals surface area contributed by atoms with Crippen molar-refractivity contribution in [2.24, 2.45) is 10.7 Å². The van der Waals surface area contributed by atoms with Gasteiger partial charge in [-0.25, -0.2) is 4.99 Å². The summed E-state index contributed by atoms with van der Waals surface area (Å²) in [5.41, 5.74) is 6.38. The number of hydrogen-bond donors (Lipinski definition) is 2. The lowest BCUT2D eigenvalue weighted by molar-refractivity contribution is 0.594. The zero-order valence-electron chi connectivity index (χ0n) is 9.70. The van der Waals surface area contributed by atoms with Crippen LogP contribution in [0, 0.1) is 12.3 Å². The molecule has 0 fully saturated rings. The number of rotatable bonds is 3. The highest BCUT2D eigenvalue weighted by atomic mass is 15.1. The van der Waals surface area contributed by atoms with Crippen LogP contribution in [0.1, 0.15) is 19.4 Å². The highest BCUT2D eigenvalue weighted by Crippen LogP contribution is 2.01. The van der Waals surface area contributed by atoms with Gasteiger partial charge in [0.15, 0.2) is 5.96 Å². The molecule has 3 N–H and O–H groups in total. The first kappa shape index (κ1) is 12.1.